The van der Waals surface area contributed by atoms with E-state index in [0.29, 0.717) is 17.9 Å². The summed E-state index contributed by atoms with van der Waals surface area (Å²) in [5.41, 5.74) is 1.84. The Morgan fingerprint density at radius 3 is 2.76 bits per heavy atom. The Hall–Kier alpha value is -2.55. The van der Waals surface area contributed by atoms with Crippen LogP contribution in [0.5, 0.6) is 0 Å². The Balaban J connectivity index is 1.81. The maximum absolute atomic E-state index is 11.9. The van der Waals surface area contributed by atoms with E-state index in [1.54, 1.807) is 44.6 Å². The van der Waals surface area contributed by atoms with Crippen molar-refractivity contribution in [2.75, 3.05) is 22.3 Å². The molecular formula is C16H23N5O3S. The van der Waals surface area contributed by atoms with Crippen LogP contribution in [0.25, 0.3) is 0 Å². The van der Waals surface area contributed by atoms with Gasteiger partial charge >= 0.3 is 6.03 Å². The normalized spacial score (nSPS) is 11.1. The smallest absolute Gasteiger partial charge is 0.319 e. The Labute approximate surface area is 147 Å². The number of benzene rings is 1. The summed E-state index contributed by atoms with van der Waals surface area (Å²) >= 11 is 0. The van der Waals surface area contributed by atoms with Crippen LogP contribution in [0, 0.1) is 6.92 Å². The molecule has 0 aliphatic rings. The summed E-state index contributed by atoms with van der Waals surface area (Å²) in [4.78, 5) is 15.8. The average Bonchev–Trinajstić information content (AvgIpc) is 3.07. The topological polar surface area (TPSA) is 105 Å². The van der Waals surface area contributed by atoms with Crippen LogP contribution in [0.15, 0.2) is 36.9 Å². The molecule has 0 radical (unpaired) electrons. The van der Waals surface area contributed by atoms with E-state index in [0.717, 1.165) is 18.5 Å². The van der Waals surface area contributed by atoms with Crippen LogP contribution in [0.3, 0.4) is 0 Å². The molecule has 2 aromatic rings. The van der Waals surface area contributed by atoms with Crippen molar-refractivity contribution >= 4 is 27.4 Å². The van der Waals surface area contributed by atoms with E-state index in [1.165, 1.54) is 0 Å². The molecule has 0 aliphatic carbocycles. The standard InChI is InChI=1S/C16H23N5O3S/c1-3-25(23,24)20-15-6-5-14(11-13(15)2)19-16(22)18-7-4-9-21-10-8-17-12-21/h5-6,8,10-12,20H,3-4,7,9H2,1-2H3,(H2,18,19,22). The van der Waals surface area contributed by atoms with E-state index in [9.17, 15) is 13.2 Å². The number of carbonyl (C=O) groups is 1. The van der Waals surface area contributed by atoms with Gasteiger partial charge in [0.25, 0.3) is 0 Å². The van der Waals surface area contributed by atoms with Gasteiger partial charge in [-0.2, -0.15) is 0 Å². The van der Waals surface area contributed by atoms with Crippen LogP contribution in [-0.2, 0) is 16.6 Å². The second-order valence-corrected chi connectivity index (χ2v) is 7.58. The van der Waals surface area contributed by atoms with Crippen LogP contribution >= 0.6 is 0 Å². The zero-order valence-electron chi connectivity index (χ0n) is 14.3. The van der Waals surface area contributed by atoms with Gasteiger partial charge in [0, 0.05) is 31.2 Å². The number of imidazole rings is 1. The summed E-state index contributed by atoms with van der Waals surface area (Å²) in [6, 6.07) is 4.72. The van der Waals surface area contributed by atoms with Crippen molar-refractivity contribution in [1.82, 2.24) is 14.9 Å². The van der Waals surface area contributed by atoms with Crippen molar-refractivity contribution in [3.8, 4) is 0 Å². The van der Waals surface area contributed by atoms with Gasteiger partial charge in [-0.25, -0.2) is 18.2 Å². The lowest BCUT2D eigenvalue weighted by Gasteiger charge is -2.12. The molecule has 0 spiro atoms. The summed E-state index contributed by atoms with van der Waals surface area (Å²) in [7, 11) is -3.32. The highest BCUT2D eigenvalue weighted by molar-refractivity contribution is 7.92. The Bertz CT molecular complexity index is 803. The number of urea groups is 1. The maximum atomic E-state index is 11.9. The zero-order valence-corrected chi connectivity index (χ0v) is 15.1. The number of rotatable bonds is 8. The molecule has 25 heavy (non-hydrogen) atoms. The lowest BCUT2D eigenvalue weighted by molar-refractivity contribution is 0.252. The second kappa shape index (κ2) is 8.52. The fourth-order valence-electron chi connectivity index (χ4n) is 2.15. The largest absolute Gasteiger partial charge is 0.338 e. The zero-order chi connectivity index (χ0) is 18.3. The molecule has 3 N–H and O–H groups in total. The molecule has 0 unspecified atom stereocenters. The van der Waals surface area contributed by atoms with Crippen LogP contribution in [0.1, 0.15) is 18.9 Å². The highest BCUT2D eigenvalue weighted by Gasteiger charge is 2.10. The minimum absolute atomic E-state index is 0.00786. The average molecular weight is 365 g/mol. The highest BCUT2D eigenvalue weighted by Crippen LogP contribution is 2.20. The van der Waals surface area contributed by atoms with Crippen molar-refractivity contribution < 1.29 is 13.2 Å². The minimum Gasteiger partial charge on any atom is -0.338 e. The van der Waals surface area contributed by atoms with Gasteiger partial charge in [-0.3, -0.25) is 4.72 Å². The third-order valence-electron chi connectivity index (χ3n) is 3.57. The first kappa shape index (κ1) is 18.8. The molecule has 1 aromatic carbocycles. The Morgan fingerprint density at radius 1 is 1.32 bits per heavy atom. The van der Waals surface area contributed by atoms with E-state index < -0.39 is 10.0 Å². The summed E-state index contributed by atoms with van der Waals surface area (Å²) < 4.78 is 27.7. The number of sulfonamides is 1. The fourth-order valence-corrected chi connectivity index (χ4v) is 2.86. The molecule has 1 aromatic heterocycles. The van der Waals surface area contributed by atoms with Gasteiger partial charge in [-0.1, -0.05) is 0 Å². The number of hydrogen-bond donors (Lipinski definition) is 3. The molecule has 1 heterocycles. The number of aromatic nitrogens is 2. The third kappa shape index (κ3) is 6.11. The number of nitrogens with zero attached hydrogens (tertiary/aromatic N) is 2. The lowest BCUT2D eigenvalue weighted by atomic mass is 10.2. The highest BCUT2D eigenvalue weighted by atomic mass is 32.2. The van der Waals surface area contributed by atoms with E-state index in [1.807, 2.05) is 10.8 Å². The first-order valence-electron chi connectivity index (χ1n) is 8.01. The molecule has 2 amide bonds. The maximum Gasteiger partial charge on any atom is 0.319 e. The van der Waals surface area contributed by atoms with Gasteiger partial charge in [0.1, 0.15) is 0 Å². The summed E-state index contributed by atoms with van der Waals surface area (Å²) in [6.07, 6.45) is 6.11. The predicted molar refractivity (Wildman–Crippen MR) is 98.1 cm³/mol. The van der Waals surface area contributed by atoms with Crippen LogP contribution < -0.4 is 15.4 Å². The molecule has 0 aliphatic heterocycles. The molecule has 2 rings (SSSR count). The fraction of sp³-hybridized carbons (Fsp3) is 0.375. The molecule has 0 atom stereocenters. The number of carbonyl (C=O) groups excluding carboxylic acids is 1. The number of amides is 2. The molecule has 0 bridgehead atoms. The molecule has 0 fully saturated rings. The lowest BCUT2D eigenvalue weighted by Crippen LogP contribution is -2.30. The molecule has 9 heteroatoms. The van der Waals surface area contributed by atoms with Crippen molar-refractivity contribution in [2.45, 2.75) is 26.8 Å². The van der Waals surface area contributed by atoms with Crippen molar-refractivity contribution in [3.63, 3.8) is 0 Å². The van der Waals surface area contributed by atoms with E-state index in [4.69, 9.17) is 0 Å². The van der Waals surface area contributed by atoms with Gasteiger partial charge in [0.05, 0.1) is 17.8 Å². The van der Waals surface area contributed by atoms with Gasteiger partial charge in [-0.15, -0.1) is 0 Å². The number of anilines is 2. The first-order chi connectivity index (χ1) is 11.9. The van der Waals surface area contributed by atoms with Gasteiger partial charge in [0.2, 0.25) is 10.0 Å². The Morgan fingerprint density at radius 2 is 2.12 bits per heavy atom. The van der Waals surface area contributed by atoms with Gasteiger partial charge < -0.3 is 15.2 Å². The third-order valence-corrected chi connectivity index (χ3v) is 4.86. The molecule has 136 valence electrons. The summed E-state index contributed by atoms with van der Waals surface area (Å²) in [5, 5.41) is 5.51. The van der Waals surface area contributed by atoms with Crippen LogP contribution in [0.4, 0.5) is 16.2 Å². The van der Waals surface area contributed by atoms with Crippen molar-refractivity contribution in [3.05, 3.63) is 42.5 Å². The summed E-state index contributed by atoms with van der Waals surface area (Å²) in [5.74, 6) is 0.00786. The quantitative estimate of drug-likeness (QED) is 0.623. The second-order valence-electron chi connectivity index (χ2n) is 5.57. The van der Waals surface area contributed by atoms with E-state index in [-0.39, 0.29) is 11.8 Å². The van der Waals surface area contributed by atoms with Crippen molar-refractivity contribution in [2.24, 2.45) is 0 Å². The first-order valence-corrected chi connectivity index (χ1v) is 9.66. The molecule has 0 saturated heterocycles. The van der Waals surface area contributed by atoms with Gasteiger partial charge in [-0.05, 0) is 44.0 Å². The number of hydrogen-bond acceptors (Lipinski definition) is 4. The number of nitrogens with one attached hydrogen (secondary N) is 3. The SMILES string of the molecule is CCS(=O)(=O)Nc1ccc(NC(=O)NCCCn2ccnc2)cc1C. The predicted octanol–water partition coefficient (Wildman–Crippen LogP) is 2.16. The van der Waals surface area contributed by atoms with Crippen molar-refractivity contribution in [1.29, 1.82) is 0 Å². The minimum atomic E-state index is -3.32. The molecule has 0 saturated carbocycles. The Kier molecular flexibility index (Phi) is 6.40. The van der Waals surface area contributed by atoms with E-state index in [2.05, 4.69) is 20.3 Å². The molecular weight excluding hydrogens is 342 g/mol. The van der Waals surface area contributed by atoms with Crippen LogP contribution in [0.2, 0.25) is 0 Å². The van der Waals surface area contributed by atoms with Crippen LogP contribution in [-0.4, -0.2) is 36.3 Å². The number of aryl methyl sites for hydroxylation is 2. The summed E-state index contributed by atoms with van der Waals surface area (Å²) in [6.45, 7) is 4.68. The van der Waals surface area contributed by atoms with E-state index >= 15 is 0 Å². The molecule has 8 nitrogen and oxygen atoms in total. The monoisotopic (exact) mass is 365 g/mol. The van der Waals surface area contributed by atoms with Gasteiger partial charge in [0.15, 0.2) is 0 Å².